The Morgan fingerprint density at radius 1 is 1.35 bits per heavy atom. The topological polar surface area (TPSA) is 82.0 Å². The van der Waals surface area contributed by atoms with Crippen molar-refractivity contribution >= 4 is 10.0 Å². The van der Waals surface area contributed by atoms with Gasteiger partial charge in [0.25, 0.3) is 0 Å². The van der Waals surface area contributed by atoms with Gasteiger partial charge in [0.05, 0.1) is 10.5 Å². The molecule has 1 aliphatic carbocycles. The highest BCUT2D eigenvalue weighted by atomic mass is 32.2. The zero-order valence-corrected chi connectivity index (χ0v) is 11.7. The zero-order valence-electron chi connectivity index (χ0n) is 10.9. The summed E-state index contributed by atoms with van der Waals surface area (Å²) in [5, 5.41) is 12.0. The van der Waals surface area contributed by atoms with Crippen molar-refractivity contribution in [2.75, 3.05) is 13.1 Å². The summed E-state index contributed by atoms with van der Waals surface area (Å²) in [5.74, 6) is -0.722. The lowest BCUT2D eigenvalue weighted by Gasteiger charge is -2.07. The molecule has 1 saturated carbocycles. The number of nitriles is 1. The molecule has 20 heavy (non-hydrogen) atoms. The van der Waals surface area contributed by atoms with E-state index >= 15 is 0 Å². The number of hydrogen-bond donors (Lipinski definition) is 2. The van der Waals surface area contributed by atoms with Crippen molar-refractivity contribution in [2.24, 2.45) is 0 Å². The Labute approximate surface area is 117 Å². The van der Waals surface area contributed by atoms with Crippen LogP contribution in [0.25, 0.3) is 0 Å². The Morgan fingerprint density at radius 2 is 2.10 bits per heavy atom. The van der Waals surface area contributed by atoms with Crippen molar-refractivity contribution < 1.29 is 12.8 Å². The van der Waals surface area contributed by atoms with Gasteiger partial charge in [0.2, 0.25) is 10.0 Å². The minimum Gasteiger partial charge on any atom is -0.314 e. The quantitative estimate of drug-likeness (QED) is 0.739. The second-order valence-electron chi connectivity index (χ2n) is 4.73. The zero-order chi connectivity index (χ0) is 14.6. The fourth-order valence-electron chi connectivity index (χ4n) is 1.73. The van der Waals surface area contributed by atoms with Crippen LogP contribution in [-0.2, 0) is 10.0 Å². The summed E-state index contributed by atoms with van der Waals surface area (Å²) in [6.45, 7) is 1.07. The first kappa shape index (κ1) is 14.9. The van der Waals surface area contributed by atoms with Crippen LogP contribution >= 0.6 is 0 Å². The molecule has 0 unspecified atom stereocenters. The van der Waals surface area contributed by atoms with E-state index in [4.69, 9.17) is 5.26 Å². The number of hydrogen-bond acceptors (Lipinski definition) is 4. The molecule has 0 bridgehead atoms. The minimum atomic E-state index is -3.69. The third kappa shape index (κ3) is 4.00. The number of halogens is 1. The predicted molar refractivity (Wildman–Crippen MR) is 71.9 cm³/mol. The van der Waals surface area contributed by atoms with Gasteiger partial charge in [-0.25, -0.2) is 17.5 Å². The van der Waals surface area contributed by atoms with Gasteiger partial charge in [0.15, 0.2) is 0 Å². The van der Waals surface area contributed by atoms with E-state index < -0.39 is 15.8 Å². The highest BCUT2D eigenvalue weighted by Crippen LogP contribution is 2.18. The third-order valence-corrected chi connectivity index (χ3v) is 4.48. The van der Waals surface area contributed by atoms with Gasteiger partial charge in [0, 0.05) is 12.6 Å². The normalized spacial score (nSPS) is 15.0. The van der Waals surface area contributed by atoms with E-state index in [0.29, 0.717) is 19.0 Å². The maximum Gasteiger partial charge on any atom is 0.240 e. The average Bonchev–Trinajstić information content (AvgIpc) is 3.22. The van der Waals surface area contributed by atoms with Crippen molar-refractivity contribution in [3.05, 3.63) is 29.6 Å². The van der Waals surface area contributed by atoms with E-state index in [-0.39, 0.29) is 10.5 Å². The SMILES string of the molecule is N#Cc1cc(S(=O)(=O)NCCCNC2CC2)ccc1F. The van der Waals surface area contributed by atoms with Crippen molar-refractivity contribution in [2.45, 2.75) is 30.2 Å². The highest BCUT2D eigenvalue weighted by molar-refractivity contribution is 7.89. The molecule has 0 radical (unpaired) electrons. The molecular weight excluding hydrogens is 281 g/mol. The maximum absolute atomic E-state index is 13.1. The molecule has 0 atom stereocenters. The largest absolute Gasteiger partial charge is 0.314 e. The predicted octanol–water partition coefficient (Wildman–Crippen LogP) is 1.12. The number of nitrogens with zero attached hydrogens (tertiary/aromatic N) is 1. The van der Waals surface area contributed by atoms with E-state index in [1.807, 2.05) is 0 Å². The van der Waals surface area contributed by atoms with Crippen molar-refractivity contribution in [3.8, 4) is 6.07 Å². The van der Waals surface area contributed by atoms with Crippen molar-refractivity contribution in [1.82, 2.24) is 10.0 Å². The van der Waals surface area contributed by atoms with Crippen LogP contribution in [0.1, 0.15) is 24.8 Å². The first-order valence-electron chi connectivity index (χ1n) is 6.45. The summed E-state index contributed by atoms with van der Waals surface area (Å²) in [6, 6.07) is 5.41. The maximum atomic E-state index is 13.1. The Morgan fingerprint density at radius 3 is 2.75 bits per heavy atom. The highest BCUT2D eigenvalue weighted by Gasteiger charge is 2.20. The first-order chi connectivity index (χ1) is 9.53. The number of nitrogens with one attached hydrogen (secondary N) is 2. The van der Waals surface area contributed by atoms with Crippen LogP contribution < -0.4 is 10.0 Å². The Kier molecular flexibility index (Phi) is 4.70. The van der Waals surface area contributed by atoms with Crippen LogP contribution in [0.2, 0.25) is 0 Å². The average molecular weight is 297 g/mol. The number of rotatable bonds is 7. The second kappa shape index (κ2) is 6.31. The van der Waals surface area contributed by atoms with E-state index in [1.165, 1.54) is 12.8 Å². The molecule has 2 rings (SSSR count). The molecule has 0 heterocycles. The summed E-state index contributed by atoms with van der Waals surface area (Å²) in [7, 11) is -3.69. The van der Waals surface area contributed by atoms with Gasteiger partial charge in [0.1, 0.15) is 11.9 Å². The molecule has 0 spiro atoms. The molecule has 0 aromatic heterocycles. The fraction of sp³-hybridized carbons (Fsp3) is 0.462. The standard InChI is InChI=1S/C13H16FN3O2S/c14-13-5-4-12(8-10(13)9-15)20(18,19)17-7-1-6-16-11-2-3-11/h4-5,8,11,16-17H,1-3,6-7H2. The lowest BCUT2D eigenvalue weighted by atomic mass is 10.2. The molecule has 108 valence electrons. The van der Waals surface area contributed by atoms with Crippen LogP contribution in [0.4, 0.5) is 4.39 Å². The minimum absolute atomic E-state index is 0.0920. The van der Waals surface area contributed by atoms with Crippen LogP contribution in [0.15, 0.2) is 23.1 Å². The second-order valence-corrected chi connectivity index (χ2v) is 6.50. The molecule has 0 amide bonds. The van der Waals surface area contributed by atoms with Crippen LogP contribution in [0.3, 0.4) is 0 Å². The van der Waals surface area contributed by atoms with E-state index in [2.05, 4.69) is 10.0 Å². The molecule has 7 heteroatoms. The van der Waals surface area contributed by atoms with E-state index in [9.17, 15) is 12.8 Å². The molecule has 1 aliphatic rings. The van der Waals surface area contributed by atoms with E-state index in [1.54, 1.807) is 6.07 Å². The third-order valence-electron chi connectivity index (χ3n) is 3.02. The van der Waals surface area contributed by atoms with Gasteiger partial charge in [-0.3, -0.25) is 0 Å². The van der Waals surface area contributed by atoms with Gasteiger partial charge in [-0.2, -0.15) is 5.26 Å². The van der Waals surface area contributed by atoms with Crippen molar-refractivity contribution in [1.29, 1.82) is 5.26 Å². The van der Waals surface area contributed by atoms with Crippen LogP contribution in [-0.4, -0.2) is 27.5 Å². The monoisotopic (exact) mass is 297 g/mol. The summed E-state index contributed by atoms with van der Waals surface area (Å²) in [6.07, 6.45) is 3.07. The smallest absolute Gasteiger partial charge is 0.240 e. The molecule has 0 aliphatic heterocycles. The molecule has 2 N–H and O–H groups in total. The number of benzene rings is 1. The lowest BCUT2D eigenvalue weighted by Crippen LogP contribution is -2.28. The molecule has 1 aromatic carbocycles. The van der Waals surface area contributed by atoms with Gasteiger partial charge in [-0.15, -0.1) is 0 Å². The molecule has 5 nitrogen and oxygen atoms in total. The summed E-state index contributed by atoms with van der Waals surface area (Å²) < 4.78 is 39.5. The van der Waals surface area contributed by atoms with Gasteiger partial charge in [-0.1, -0.05) is 0 Å². The first-order valence-corrected chi connectivity index (χ1v) is 7.94. The molecular formula is C13H16FN3O2S. The number of sulfonamides is 1. The van der Waals surface area contributed by atoms with Crippen LogP contribution in [0, 0.1) is 17.1 Å². The summed E-state index contributed by atoms with van der Waals surface area (Å²) in [4.78, 5) is -0.0920. The Bertz CT molecular complexity index is 621. The van der Waals surface area contributed by atoms with Crippen molar-refractivity contribution in [3.63, 3.8) is 0 Å². The van der Waals surface area contributed by atoms with Gasteiger partial charge >= 0.3 is 0 Å². The summed E-state index contributed by atoms with van der Waals surface area (Å²) in [5.41, 5.74) is -0.275. The Balaban J connectivity index is 1.90. The summed E-state index contributed by atoms with van der Waals surface area (Å²) >= 11 is 0. The van der Waals surface area contributed by atoms with E-state index in [0.717, 1.165) is 24.7 Å². The molecule has 0 saturated heterocycles. The Hall–Kier alpha value is -1.49. The molecule has 1 fully saturated rings. The fourth-order valence-corrected chi connectivity index (χ4v) is 2.83. The van der Waals surface area contributed by atoms with Crippen LogP contribution in [0.5, 0.6) is 0 Å². The van der Waals surface area contributed by atoms with Gasteiger partial charge in [-0.05, 0) is 44.0 Å². The lowest BCUT2D eigenvalue weighted by molar-refractivity contribution is 0.572. The molecule has 1 aromatic rings. The van der Waals surface area contributed by atoms with Gasteiger partial charge < -0.3 is 5.32 Å².